The second-order valence-electron chi connectivity index (χ2n) is 7.39. The van der Waals surface area contributed by atoms with E-state index in [1.807, 2.05) is 6.07 Å². The Hall–Kier alpha value is -2.20. The van der Waals surface area contributed by atoms with Crippen LogP contribution in [0.3, 0.4) is 0 Å². The lowest BCUT2D eigenvalue weighted by atomic mass is 10.0. The van der Waals surface area contributed by atoms with Crippen molar-refractivity contribution in [3.63, 3.8) is 0 Å². The van der Waals surface area contributed by atoms with Crippen LogP contribution >= 0.6 is 0 Å². The first kappa shape index (κ1) is 17.2. The summed E-state index contributed by atoms with van der Waals surface area (Å²) in [5.74, 6) is 1.73. The van der Waals surface area contributed by atoms with Gasteiger partial charge >= 0.3 is 0 Å². The Labute approximate surface area is 156 Å². The number of anilines is 1. The van der Waals surface area contributed by atoms with Crippen molar-refractivity contribution in [3.8, 4) is 11.5 Å². The van der Waals surface area contributed by atoms with Crippen molar-refractivity contribution in [3.05, 3.63) is 53.6 Å². The third kappa shape index (κ3) is 3.80. The quantitative estimate of drug-likeness (QED) is 0.899. The second-order valence-corrected chi connectivity index (χ2v) is 7.39. The number of rotatable bonds is 4. The lowest BCUT2D eigenvalue weighted by Gasteiger charge is -2.35. The Morgan fingerprint density at radius 2 is 1.65 bits per heavy atom. The highest BCUT2D eigenvalue weighted by Gasteiger charge is 2.22. The summed E-state index contributed by atoms with van der Waals surface area (Å²) in [6, 6.07) is 16.0. The molecule has 26 heavy (non-hydrogen) atoms. The minimum atomic E-state index is 0.307. The van der Waals surface area contributed by atoms with Gasteiger partial charge in [-0.3, -0.25) is 0 Å². The van der Waals surface area contributed by atoms with E-state index in [9.17, 15) is 0 Å². The number of aryl methyl sites for hydroxylation is 1. The van der Waals surface area contributed by atoms with E-state index in [1.165, 1.54) is 29.7 Å². The number of fused-ring (bicyclic) bond motifs is 1. The van der Waals surface area contributed by atoms with Crippen molar-refractivity contribution >= 4 is 5.69 Å². The molecule has 4 heteroatoms. The molecule has 1 saturated heterocycles. The van der Waals surface area contributed by atoms with Crippen LogP contribution in [0.15, 0.2) is 42.5 Å². The summed E-state index contributed by atoms with van der Waals surface area (Å²) in [5.41, 5.74) is 3.92. The maximum Gasteiger partial charge on any atom is 0.161 e. The highest BCUT2D eigenvalue weighted by Crippen LogP contribution is 2.33. The van der Waals surface area contributed by atoms with E-state index >= 15 is 0 Å². The molecule has 0 bridgehead atoms. The van der Waals surface area contributed by atoms with Crippen LogP contribution in [0.2, 0.25) is 0 Å². The molecule has 0 aliphatic carbocycles. The molecule has 1 atom stereocenters. The SMILES string of the molecule is Cc1ccc(N2CCC(NC(C)c3ccc4c(c3)OCCO4)CC2)cc1. The number of nitrogens with one attached hydrogen (secondary N) is 1. The molecule has 4 nitrogen and oxygen atoms in total. The van der Waals surface area contributed by atoms with E-state index in [1.54, 1.807) is 0 Å². The molecule has 2 aliphatic heterocycles. The number of ether oxygens (including phenoxy) is 2. The fraction of sp³-hybridized carbons (Fsp3) is 0.455. The minimum Gasteiger partial charge on any atom is -0.486 e. The fourth-order valence-corrected chi connectivity index (χ4v) is 3.84. The van der Waals surface area contributed by atoms with Gasteiger partial charge in [0.1, 0.15) is 13.2 Å². The molecule has 2 aliphatic rings. The standard InChI is InChI=1S/C22H28N2O2/c1-16-3-6-20(7-4-16)24-11-9-19(10-12-24)23-17(2)18-5-8-21-22(15-18)26-14-13-25-21/h3-8,15,17,19,23H,9-14H2,1-2H3. The highest BCUT2D eigenvalue weighted by atomic mass is 16.6. The van der Waals surface area contributed by atoms with Gasteiger partial charge in [-0.2, -0.15) is 0 Å². The van der Waals surface area contributed by atoms with Gasteiger partial charge in [0.2, 0.25) is 0 Å². The van der Waals surface area contributed by atoms with Crippen LogP contribution in [0, 0.1) is 6.92 Å². The molecule has 2 aromatic rings. The number of hydrogen-bond donors (Lipinski definition) is 1. The molecule has 4 rings (SSSR count). The maximum atomic E-state index is 5.72. The van der Waals surface area contributed by atoms with Crippen LogP contribution in [-0.4, -0.2) is 32.3 Å². The third-order valence-electron chi connectivity index (χ3n) is 5.45. The van der Waals surface area contributed by atoms with Gasteiger partial charge in [-0.15, -0.1) is 0 Å². The van der Waals surface area contributed by atoms with Crippen molar-refractivity contribution < 1.29 is 9.47 Å². The van der Waals surface area contributed by atoms with Crippen LogP contribution in [0.1, 0.15) is 36.9 Å². The molecule has 1 fully saturated rings. The van der Waals surface area contributed by atoms with Gasteiger partial charge < -0.3 is 19.7 Å². The zero-order chi connectivity index (χ0) is 17.9. The second kappa shape index (κ2) is 7.58. The lowest BCUT2D eigenvalue weighted by molar-refractivity contribution is 0.171. The van der Waals surface area contributed by atoms with Crippen molar-refractivity contribution in [1.29, 1.82) is 0 Å². The normalized spacial score (nSPS) is 18.6. The van der Waals surface area contributed by atoms with E-state index in [4.69, 9.17) is 9.47 Å². The topological polar surface area (TPSA) is 33.7 Å². The van der Waals surface area contributed by atoms with Gasteiger partial charge in [0, 0.05) is 30.9 Å². The summed E-state index contributed by atoms with van der Waals surface area (Å²) in [7, 11) is 0. The summed E-state index contributed by atoms with van der Waals surface area (Å²) in [5, 5.41) is 3.80. The zero-order valence-corrected chi connectivity index (χ0v) is 15.7. The summed E-state index contributed by atoms with van der Waals surface area (Å²) in [6.45, 7) is 7.86. The number of nitrogens with zero attached hydrogens (tertiary/aromatic N) is 1. The number of benzene rings is 2. The number of hydrogen-bond acceptors (Lipinski definition) is 4. The third-order valence-corrected chi connectivity index (χ3v) is 5.45. The number of piperidine rings is 1. The molecule has 0 radical (unpaired) electrons. The van der Waals surface area contributed by atoms with Crippen LogP contribution in [0.25, 0.3) is 0 Å². The molecular weight excluding hydrogens is 324 g/mol. The summed E-state index contributed by atoms with van der Waals surface area (Å²) >= 11 is 0. The Morgan fingerprint density at radius 3 is 2.38 bits per heavy atom. The first-order chi connectivity index (χ1) is 12.7. The van der Waals surface area contributed by atoms with Gasteiger partial charge in [0.05, 0.1) is 0 Å². The fourth-order valence-electron chi connectivity index (χ4n) is 3.84. The highest BCUT2D eigenvalue weighted by molar-refractivity contribution is 5.48. The maximum absolute atomic E-state index is 5.72. The Balaban J connectivity index is 1.33. The van der Waals surface area contributed by atoms with Gasteiger partial charge in [0.25, 0.3) is 0 Å². The molecule has 0 spiro atoms. The van der Waals surface area contributed by atoms with E-state index in [0.29, 0.717) is 25.3 Å². The van der Waals surface area contributed by atoms with Crippen LogP contribution in [0.4, 0.5) is 5.69 Å². The first-order valence-electron chi connectivity index (χ1n) is 9.66. The van der Waals surface area contributed by atoms with Gasteiger partial charge in [0.15, 0.2) is 11.5 Å². The average Bonchev–Trinajstić information content (AvgIpc) is 2.69. The van der Waals surface area contributed by atoms with Gasteiger partial charge in [-0.25, -0.2) is 0 Å². The summed E-state index contributed by atoms with van der Waals surface area (Å²) < 4.78 is 11.3. The van der Waals surface area contributed by atoms with Crippen molar-refractivity contribution in [1.82, 2.24) is 5.32 Å². The van der Waals surface area contributed by atoms with Crippen LogP contribution in [0.5, 0.6) is 11.5 Å². The molecule has 0 aromatic heterocycles. The molecule has 1 N–H and O–H groups in total. The largest absolute Gasteiger partial charge is 0.486 e. The van der Waals surface area contributed by atoms with Crippen LogP contribution in [-0.2, 0) is 0 Å². The Bertz CT molecular complexity index is 736. The van der Waals surface area contributed by atoms with Crippen molar-refractivity contribution in [2.24, 2.45) is 0 Å². The lowest BCUT2D eigenvalue weighted by Crippen LogP contribution is -2.43. The molecule has 1 unspecified atom stereocenters. The van der Waals surface area contributed by atoms with Gasteiger partial charge in [-0.1, -0.05) is 23.8 Å². The Kier molecular flexibility index (Phi) is 5.02. The van der Waals surface area contributed by atoms with Crippen molar-refractivity contribution in [2.45, 2.75) is 38.8 Å². The minimum absolute atomic E-state index is 0.307. The zero-order valence-electron chi connectivity index (χ0n) is 15.7. The van der Waals surface area contributed by atoms with Gasteiger partial charge in [-0.05, 0) is 56.5 Å². The van der Waals surface area contributed by atoms with Crippen molar-refractivity contribution in [2.75, 3.05) is 31.2 Å². The van der Waals surface area contributed by atoms with E-state index in [-0.39, 0.29) is 0 Å². The molecule has 2 aromatic carbocycles. The average molecular weight is 352 g/mol. The molecule has 0 saturated carbocycles. The smallest absolute Gasteiger partial charge is 0.161 e. The molecule has 138 valence electrons. The monoisotopic (exact) mass is 352 g/mol. The molecule has 2 heterocycles. The van der Waals surface area contributed by atoms with E-state index in [0.717, 1.165) is 24.6 Å². The molecule has 0 amide bonds. The first-order valence-corrected chi connectivity index (χ1v) is 9.66. The Morgan fingerprint density at radius 1 is 0.962 bits per heavy atom. The molecular formula is C22H28N2O2. The summed E-state index contributed by atoms with van der Waals surface area (Å²) in [6.07, 6.45) is 2.34. The summed E-state index contributed by atoms with van der Waals surface area (Å²) in [4.78, 5) is 2.49. The van der Waals surface area contributed by atoms with Crippen LogP contribution < -0.4 is 19.7 Å². The van der Waals surface area contributed by atoms with E-state index in [2.05, 4.69) is 60.5 Å². The predicted octanol–water partition coefficient (Wildman–Crippen LogP) is 4.09. The van der Waals surface area contributed by atoms with E-state index < -0.39 is 0 Å². The predicted molar refractivity (Wildman–Crippen MR) is 105 cm³/mol.